The Bertz CT molecular complexity index is 817. The molecule has 3 rings (SSSR count). The van der Waals surface area contributed by atoms with Crippen LogP contribution in [0.2, 0.25) is 0 Å². The van der Waals surface area contributed by atoms with Crippen molar-refractivity contribution >= 4 is 17.4 Å². The standard InChI is InChI=1S/C13H7F4NO3/c14-6-2-8(6)18-3-9(21-4-19)13(20)5-1-7(15)10(16)11(17)12(5)18/h1,3-4,6,8H,2H2/t6-,8+/m0/s1. The highest BCUT2D eigenvalue weighted by Gasteiger charge is 2.40. The predicted octanol–water partition coefficient (Wildman–Crippen LogP) is 2.24. The number of hydrogen-bond acceptors (Lipinski definition) is 3. The van der Waals surface area contributed by atoms with Crippen molar-refractivity contribution in [2.75, 3.05) is 0 Å². The number of hydrogen-bond donors (Lipinski definition) is 0. The molecule has 0 N–H and O–H groups in total. The van der Waals surface area contributed by atoms with Crippen LogP contribution in [0, 0.1) is 17.5 Å². The van der Waals surface area contributed by atoms with E-state index >= 15 is 0 Å². The number of fused-ring (bicyclic) bond motifs is 1. The van der Waals surface area contributed by atoms with Crippen molar-refractivity contribution in [3.63, 3.8) is 0 Å². The van der Waals surface area contributed by atoms with Crippen LogP contribution >= 0.6 is 0 Å². The fourth-order valence-corrected chi connectivity index (χ4v) is 2.23. The van der Waals surface area contributed by atoms with Crippen LogP contribution in [0.5, 0.6) is 5.75 Å². The number of ether oxygens (including phenoxy) is 1. The van der Waals surface area contributed by atoms with Crippen molar-refractivity contribution < 1.29 is 27.1 Å². The molecule has 110 valence electrons. The normalized spacial score (nSPS) is 20.6. The van der Waals surface area contributed by atoms with E-state index in [1.165, 1.54) is 0 Å². The summed E-state index contributed by atoms with van der Waals surface area (Å²) < 4.78 is 59.2. The molecule has 0 unspecified atom stereocenters. The Hall–Kier alpha value is -2.38. The Labute approximate surface area is 114 Å². The molecule has 1 saturated carbocycles. The first kappa shape index (κ1) is 13.6. The quantitative estimate of drug-likeness (QED) is 0.496. The van der Waals surface area contributed by atoms with Crippen LogP contribution in [-0.4, -0.2) is 17.2 Å². The molecule has 0 spiro atoms. The SMILES string of the molecule is O=COc1cn([C@@H]2C[C@@H]2F)c2c(F)c(F)c(F)cc2c1=O. The van der Waals surface area contributed by atoms with E-state index in [9.17, 15) is 27.2 Å². The summed E-state index contributed by atoms with van der Waals surface area (Å²) >= 11 is 0. The van der Waals surface area contributed by atoms with E-state index in [0.717, 1.165) is 10.8 Å². The molecule has 2 aromatic rings. The van der Waals surface area contributed by atoms with Crippen molar-refractivity contribution in [2.45, 2.75) is 18.6 Å². The minimum atomic E-state index is -1.75. The molecule has 0 aliphatic heterocycles. The monoisotopic (exact) mass is 301 g/mol. The van der Waals surface area contributed by atoms with Crippen LogP contribution in [0.25, 0.3) is 10.9 Å². The molecule has 0 bridgehead atoms. The van der Waals surface area contributed by atoms with Gasteiger partial charge in [0.2, 0.25) is 5.43 Å². The van der Waals surface area contributed by atoms with Crippen molar-refractivity contribution in [2.24, 2.45) is 0 Å². The van der Waals surface area contributed by atoms with Gasteiger partial charge in [-0.1, -0.05) is 0 Å². The topological polar surface area (TPSA) is 48.3 Å². The maximum absolute atomic E-state index is 13.9. The number of pyridine rings is 1. The van der Waals surface area contributed by atoms with E-state index in [2.05, 4.69) is 4.74 Å². The number of nitrogens with zero attached hydrogens (tertiary/aromatic N) is 1. The molecule has 21 heavy (non-hydrogen) atoms. The first-order chi connectivity index (χ1) is 9.95. The Morgan fingerprint density at radius 3 is 2.52 bits per heavy atom. The number of rotatable bonds is 3. The van der Waals surface area contributed by atoms with Gasteiger partial charge in [0.05, 0.1) is 23.1 Å². The van der Waals surface area contributed by atoms with Gasteiger partial charge in [-0.25, -0.2) is 17.6 Å². The zero-order chi connectivity index (χ0) is 15.3. The third kappa shape index (κ3) is 1.98. The molecule has 2 atom stereocenters. The van der Waals surface area contributed by atoms with Gasteiger partial charge in [-0.3, -0.25) is 9.59 Å². The fourth-order valence-electron chi connectivity index (χ4n) is 2.23. The second-order valence-electron chi connectivity index (χ2n) is 4.65. The first-order valence-electron chi connectivity index (χ1n) is 5.92. The van der Waals surface area contributed by atoms with Gasteiger partial charge in [0.25, 0.3) is 6.47 Å². The number of carbonyl (C=O) groups excluding carboxylic acids is 1. The lowest BCUT2D eigenvalue weighted by Crippen LogP contribution is -2.15. The van der Waals surface area contributed by atoms with E-state index < -0.39 is 51.7 Å². The highest BCUT2D eigenvalue weighted by molar-refractivity contribution is 5.81. The average Bonchev–Trinajstić information content (AvgIpc) is 3.17. The van der Waals surface area contributed by atoms with Gasteiger partial charge in [0.15, 0.2) is 23.2 Å². The summed E-state index contributed by atoms with van der Waals surface area (Å²) in [5.41, 5.74) is -1.54. The van der Waals surface area contributed by atoms with Crippen LogP contribution in [0.4, 0.5) is 17.6 Å². The molecule has 1 aromatic carbocycles. The summed E-state index contributed by atoms with van der Waals surface area (Å²) in [6, 6.07) is -0.318. The van der Waals surface area contributed by atoms with Crippen LogP contribution < -0.4 is 10.2 Å². The van der Waals surface area contributed by atoms with Crippen molar-refractivity contribution in [1.29, 1.82) is 0 Å². The summed E-state index contributed by atoms with van der Waals surface area (Å²) in [5.74, 6) is -5.41. The van der Waals surface area contributed by atoms with Gasteiger partial charge < -0.3 is 9.30 Å². The molecule has 1 heterocycles. The summed E-state index contributed by atoms with van der Waals surface area (Å²) in [6.07, 6.45) is -0.340. The maximum Gasteiger partial charge on any atom is 0.298 e. The van der Waals surface area contributed by atoms with E-state index in [0.29, 0.717) is 6.07 Å². The predicted molar refractivity (Wildman–Crippen MR) is 63.3 cm³/mol. The molecule has 1 aliphatic carbocycles. The molecule has 0 amide bonds. The molecule has 1 aliphatic rings. The van der Waals surface area contributed by atoms with Gasteiger partial charge in [0.1, 0.15) is 6.17 Å². The number of carbonyl (C=O) groups is 1. The van der Waals surface area contributed by atoms with Crippen LogP contribution in [0.1, 0.15) is 12.5 Å². The number of benzene rings is 1. The molecule has 8 heteroatoms. The summed E-state index contributed by atoms with van der Waals surface area (Å²) in [4.78, 5) is 22.3. The van der Waals surface area contributed by atoms with Gasteiger partial charge in [-0.05, 0) is 6.07 Å². The van der Waals surface area contributed by atoms with E-state index in [1.54, 1.807) is 0 Å². The molecule has 0 radical (unpaired) electrons. The minimum Gasteiger partial charge on any atom is -0.423 e. The highest BCUT2D eigenvalue weighted by atomic mass is 19.2. The molecule has 1 aromatic heterocycles. The van der Waals surface area contributed by atoms with Gasteiger partial charge in [-0.2, -0.15) is 0 Å². The molecular weight excluding hydrogens is 294 g/mol. The smallest absolute Gasteiger partial charge is 0.298 e. The largest absolute Gasteiger partial charge is 0.423 e. The number of alkyl halides is 1. The lowest BCUT2D eigenvalue weighted by atomic mass is 10.1. The van der Waals surface area contributed by atoms with E-state index in [1.807, 2.05) is 0 Å². The third-order valence-corrected chi connectivity index (χ3v) is 3.33. The molecule has 4 nitrogen and oxygen atoms in total. The Balaban J connectivity index is 2.42. The third-order valence-electron chi connectivity index (χ3n) is 3.33. The van der Waals surface area contributed by atoms with Gasteiger partial charge in [0, 0.05) is 6.42 Å². The average molecular weight is 301 g/mol. The summed E-state index contributed by atoms with van der Waals surface area (Å²) in [7, 11) is 0. The Kier molecular flexibility index (Phi) is 2.96. The summed E-state index contributed by atoms with van der Waals surface area (Å²) in [6.45, 7) is -0.0387. The second kappa shape index (κ2) is 4.57. The summed E-state index contributed by atoms with van der Waals surface area (Å²) in [5, 5.41) is -0.523. The fraction of sp³-hybridized carbons (Fsp3) is 0.231. The van der Waals surface area contributed by atoms with Crippen LogP contribution in [0.3, 0.4) is 0 Å². The lowest BCUT2D eigenvalue weighted by Gasteiger charge is -2.13. The Morgan fingerprint density at radius 1 is 1.29 bits per heavy atom. The van der Waals surface area contributed by atoms with Crippen molar-refractivity contribution in [3.8, 4) is 5.75 Å². The van der Waals surface area contributed by atoms with Crippen molar-refractivity contribution in [1.82, 2.24) is 4.57 Å². The van der Waals surface area contributed by atoms with Crippen LogP contribution in [0.15, 0.2) is 17.1 Å². The maximum atomic E-state index is 13.9. The second-order valence-corrected chi connectivity index (χ2v) is 4.65. The van der Waals surface area contributed by atoms with E-state index in [-0.39, 0.29) is 12.9 Å². The van der Waals surface area contributed by atoms with Crippen molar-refractivity contribution in [3.05, 3.63) is 39.9 Å². The zero-order valence-electron chi connectivity index (χ0n) is 10.3. The van der Waals surface area contributed by atoms with E-state index in [4.69, 9.17) is 0 Å². The number of aromatic nitrogens is 1. The molecule has 0 saturated heterocycles. The molecule has 1 fully saturated rings. The first-order valence-corrected chi connectivity index (χ1v) is 5.92. The van der Waals surface area contributed by atoms with Gasteiger partial charge >= 0.3 is 0 Å². The van der Waals surface area contributed by atoms with Gasteiger partial charge in [-0.15, -0.1) is 0 Å². The molecular formula is C13H7F4NO3. The minimum absolute atomic E-state index is 0.0386. The number of halogens is 4. The zero-order valence-corrected chi connectivity index (χ0v) is 10.3. The lowest BCUT2D eigenvalue weighted by molar-refractivity contribution is -0.120. The highest BCUT2D eigenvalue weighted by Crippen LogP contribution is 2.41. The van der Waals surface area contributed by atoms with Crippen LogP contribution in [-0.2, 0) is 4.79 Å². The Morgan fingerprint density at radius 2 is 1.95 bits per heavy atom.